The highest BCUT2D eigenvalue weighted by molar-refractivity contribution is 9.11. The van der Waals surface area contributed by atoms with Crippen molar-refractivity contribution in [3.8, 4) is 0 Å². The summed E-state index contributed by atoms with van der Waals surface area (Å²) in [5.41, 5.74) is 4.46. The van der Waals surface area contributed by atoms with E-state index in [0.717, 1.165) is 0 Å². The summed E-state index contributed by atoms with van der Waals surface area (Å²) >= 11 is 3.59. The molecule has 0 aromatic carbocycles. The van der Waals surface area contributed by atoms with Crippen molar-refractivity contribution >= 4 is 33.2 Å². The summed E-state index contributed by atoms with van der Waals surface area (Å²) in [5.74, 6) is -0.938. The number of hydrogen-bond donors (Lipinski definition) is 1. The predicted octanol–water partition coefficient (Wildman–Crippen LogP) is 1.94. The van der Waals surface area contributed by atoms with Gasteiger partial charge in [0.2, 0.25) is 0 Å². The Hall–Kier alpha value is -0.560. The lowest BCUT2D eigenvalue weighted by atomic mass is 10.3. The molecule has 0 radical (unpaired) electrons. The molecule has 0 saturated heterocycles. The van der Waals surface area contributed by atoms with E-state index in [9.17, 15) is 13.6 Å². The third kappa shape index (κ3) is 1.78. The van der Waals surface area contributed by atoms with Crippen LogP contribution < -0.4 is 5.73 Å². The van der Waals surface area contributed by atoms with Crippen LogP contribution in [-0.4, -0.2) is 10.9 Å². The van der Waals surface area contributed by atoms with Gasteiger partial charge in [0.1, 0.15) is 10.6 Å². The van der Waals surface area contributed by atoms with Crippen LogP contribution in [0.3, 0.4) is 0 Å². The van der Waals surface area contributed by atoms with Gasteiger partial charge in [0.05, 0.1) is 0 Å². The number of halogens is 3. The number of primary amides is 1. The van der Waals surface area contributed by atoms with Gasteiger partial charge in [0, 0.05) is 0 Å². The summed E-state index contributed by atoms with van der Waals surface area (Å²) in [6.07, 6.45) is -2.71. The summed E-state index contributed by atoms with van der Waals surface area (Å²) < 4.78 is 24.5. The standard InChI is InChI=1S/C5H3BrF2N2OS/c6-5-10-1(4(9)11)2(12-5)3(7)8/h3H,(H2,9,11). The fourth-order valence-electron chi connectivity index (χ4n) is 0.629. The van der Waals surface area contributed by atoms with Gasteiger partial charge in [-0.15, -0.1) is 11.3 Å². The largest absolute Gasteiger partial charge is 0.364 e. The van der Waals surface area contributed by atoms with Crippen LogP contribution in [0.15, 0.2) is 3.92 Å². The molecule has 0 unspecified atom stereocenters. The molecule has 0 spiro atoms. The lowest BCUT2D eigenvalue weighted by molar-refractivity contribution is 0.0983. The Morgan fingerprint density at radius 2 is 2.25 bits per heavy atom. The number of carbonyl (C=O) groups is 1. The van der Waals surface area contributed by atoms with Crippen LogP contribution in [0, 0.1) is 0 Å². The zero-order chi connectivity index (χ0) is 9.30. The first kappa shape index (κ1) is 9.53. The molecule has 0 aliphatic heterocycles. The average Bonchev–Trinajstić information content (AvgIpc) is 2.31. The van der Waals surface area contributed by atoms with Crippen LogP contribution in [-0.2, 0) is 0 Å². The lowest BCUT2D eigenvalue weighted by Gasteiger charge is -1.94. The number of thiazole rings is 1. The number of rotatable bonds is 2. The van der Waals surface area contributed by atoms with Crippen molar-refractivity contribution in [1.82, 2.24) is 4.98 Å². The van der Waals surface area contributed by atoms with E-state index >= 15 is 0 Å². The lowest BCUT2D eigenvalue weighted by Crippen LogP contribution is -2.13. The Balaban J connectivity index is 3.17. The molecule has 0 aliphatic carbocycles. The van der Waals surface area contributed by atoms with Gasteiger partial charge < -0.3 is 5.73 Å². The van der Waals surface area contributed by atoms with Gasteiger partial charge >= 0.3 is 0 Å². The Morgan fingerprint density at radius 3 is 2.58 bits per heavy atom. The monoisotopic (exact) mass is 256 g/mol. The van der Waals surface area contributed by atoms with E-state index in [-0.39, 0.29) is 9.61 Å². The molecule has 66 valence electrons. The van der Waals surface area contributed by atoms with Crippen molar-refractivity contribution in [1.29, 1.82) is 0 Å². The van der Waals surface area contributed by atoms with Crippen LogP contribution in [0.2, 0.25) is 0 Å². The molecule has 1 amide bonds. The van der Waals surface area contributed by atoms with Gasteiger partial charge in [0.25, 0.3) is 12.3 Å². The van der Waals surface area contributed by atoms with Gasteiger partial charge in [0.15, 0.2) is 3.92 Å². The fourth-order valence-corrected chi connectivity index (χ4v) is 1.98. The number of carbonyl (C=O) groups excluding carboxylic acids is 1. The second-order valence-electron chi connectivity index (χ2n) is 1.84. The van der Waals surface area contributed by atoms with Crippen molar-refractivity contribution in [3.05, 3.63) is 14.5 Å². The van der Waals surface area contributed by atoms with Crippen molar-refractivity contribution in [2.45, 2.75) is 6.43 Å². The molecule has 1 rings (SSSR count). The molecule has 0 aliphatic rings. The summed E-state index contributed by atoms with van der Waals surface area (Å²) in [7, 11) is 0. The second-order valence-corrected chi connectivity index (χ2v) is 4.15. The van der Waals surface area contributed by atoms with Crippen molar-refractivity contribution in [3.63, 3.8) is 0 Å². The Kier molecular flexibility index (Phi) is 2.73. The van der Waals surface area contributed by atoms with Crippen LogP contribution in [0.1, 0.15) is 21.8 Å². The smallest absolute Gasteiger partial charge is 0.275 e. The highest BCUT2D eigenvalue weighted by Crippen LogP contribution is 2.31. The molecule has 12 heavy (non-hydrogen) atoms. The van der Waals surface area contributed by atoms with E-state index < -0.39 is 17.2 Å². The second kappa shape index (κ2) is 3.44. The third-order valence-electron chi connectivity index (χ3n) is 1.06. The highest BCUT2D eigenvalue weighted by Gasteiger charge is 2.21. The van der Waals surface area contributed by atoms with Crippen molar-refractivity contribution < 1.29 is 13.6 Å². The molecule has 1 heterocycles. The van der Waals surface area contributed by atoms with E-state index in [4.69, 9.17) is 5.73 Å². The minimum Gasteiger partial charge on any atom is -0.364 e. The van der Waals surface area contributed by atoms with Crippen LogP contribution in [0.5, 0.6) is 0 Å². The minimum atomic E-state index is -2.71. The van der Waals surface area contributed by atoms with Gasteiger partial charge in [-0.05, 0) is 15.9 Å². The van der Waals surface area contributed by atoms with Crippen LogP contribution in [0.4, 0.5) is 8.78 Å². The number of alkyl halides is 2. The van der Waals surface area contributed by atoms with Crippen LogP contribution >= 0.6 is 27.3 Å². The van der Waals surface area contributed by atoms with E-state index in [2.05, 4.69) is 20.9 Å². The topological polar surface area (TPSA) is 56.0 Å². The number of amides is 1. The van der Waals surface area contributed by atoms with Gasteiger partial charge in [-0.25, -0.2) is 13.8 Å². The maximum absolute atomic E-state index is 12.1. The van der Waals surface area contributed by atoms with E-state index in [0.29, 0.717) is 11.3 Å². The van der Waals surface area contributed by atoms with Gasteiger partial charge in [-0.2, -0.15) is 0 Å². The van der Waals surface area contributed by atoms with Crippen molar-refractivity contribution in [2.24, 2.45) is 5.73 Å². The highest BCUT2D eigenvalue weighted by atomic mass is 79.9. The maximum Gasteiger partial charge on any atom is 0.275 e. The van der Waals surface area contributed by atoms with E-state index in [1.165, 1.54) is 0 Å². The fraction of sp³-hybridized carbons (Fsp3) is 0.200. The summed E-state index contributed by atoms with van der Waals surface area (Å²) in [4.78, 5) is 13.7. The predicted molar refractivity (Wildman–Crippen MR) is 43.3 cm³/mol. The normalized spacial score (nSPS) is 10.7. The van der Waals surface area contributed by atoms with Gasteiger partial charge in [-0.1, -0.05) is 0 Å². The Labute approximate surface area is 78.7 Å². The SMILES string of the molecule is NC(=O)c1nc(Br)sc1C(F)F. The molecule has 3 nitrogen and oxygen atoms in total. The molecular formula is C5H3BrF2N2OS. The van der Waals surface area contributed by atoms with Gasteiger partial charge in [-0.3, -0.25) is 4.79 Å². The summed E-state index contributed by atoms with van der Waals surface area (Å²) in [5, 5.41) is 0. The van der Waals surface area contributed by atoms with Crippen LogP contribution in [0.25, 0.3) is 0 Å². The van der Waals surface area contributed by atoms with E-state index in [1.54, 1.807) is 0 Å². The molecule has 7 heteroatoms. The molecular weight excluding hydrogens is 254 g/mol. The zero-order valence-electron chi connectivity index (χ0n) is 5.55. The molecule has 0 atom stereocenters. The molecule has 0 fully saturated rings. The molecule has 1 aromatic rings. The third-order valence-corrected chi connectivity index (χ3v) is 2.57. The molecule has 0 saturated carbocycles. The summed E-state index contributed by atoms with van der Waals surface area (Å²) in [6.45, 7) is 0. The molecule has 0 bridgehead atoms. The number of hydrogen-bond acceptors (Lipinski definition) is 3. The minimum absolute atomic E-state index is 0.228. The first-order chi connectivity index (χ1) is 5.52. The van der Waals surface area contributed by atoms with Crippen molar-refractivity contribution in [2.75, 3.05) is 0 Å². The number of nitrogens with zero attached hydrogens (tertiary/aromatic N) is 1. The first-order valence-electron chi connectivity index (χ1n) is 2.76. The summed E-state index contributed by atoms with van der Waals surface area (Å²) in [6, 6.07) is 0. The maximum atomic E-state index is 12.1. The number of aromatic nitrogens is 1. The van der Waals surface area contributed by atoms with E-state index in [1.807, 2.05) is 0 Å². The average molecular weight is 257 g/mol. The quantitative estimate of drug-likeness (QED) is 0.880. The molecule has 2 N–H and O–H groups in total. The Bertz CT molecular complexity index is 314. The Morgan fingerprint density at radius 1 is 1.67 bits per heavy atom. The number of nitrogens with two attached hydrogens (primary N) is 1. The first-order valence-corrected chi connectivity index (χ1v) is 4.37. The molecule has 1 aromatic heterocycles. The zero-order valence-corrected chi connectivity index (χ0v) is 7.95.